The summed E-state index contributed by atoms with van der Waals surface area (Å²) in [7, 11) is 0. The molecule has 0 aliphatic carbocycles. The van der Waals surface area contributed by atoms with Gasteiger partial charge in [0.05, 0.1) is 15.6 Å². The molecule has 104 valence electrons. The average Bonchev–Trinajstić information content (AvgIpc) is 2.89. The fraction of sp³-hybridized carbons (Fsp3) is 0.538. The lowest BCUT2D eigenvalue weighted by atomic mass is 10.2. The first-order valence-corrected chi connectivity index (χ1v) is 6.92. The maximum atomic E-state index is 10.7. The zero-order chi connectivity index (χ0) is 13.8. The first-order valence-electron chi connectivity index (χ1n) is 6.54. The van der Waals surface area contributed by atoms with Gasteiger partial charge in [-0.15, -0.1) is 0 Å². The highest BCUT2D eigenvalue weighted by Gasteiger charge is 2.19. The Morgan fingerprint density at radius 3 is 2.89 bits per heavy atom. The van der Waals surface area contributed by atoms with Gasteiger partial charge < -0.3 is 10.2 Å². The van der Waals surface area contributed by atoms with Crippen molar-refractivity contribution in [3.05, 3.63) is 33.3 Å². The van der Waals surface area contributed by atoms with Crippen LogP contribution in [0.25, 0.3) is 0 Å². The Hall–Kier alpha value is -1.33. The Balaban J connectivity index is 2.15. The van der Waals surface area contributed by atoms with Crippen LogP contribution in [-0.2, 0) is 0 Å². The molecular weight excluding hydrogens is 266 g/mol. The summed E-state index contributed by atoms with van der Waals surface area (Å²) in [5.41, 5.74) is 0.896. The molecule has 0 spiro atoms. The van der Waals surface area contributed by atoms with Crippen LogP contribution in [0, 0.1) is 10.1 Å². The summed E-state index contributed by atoms with van der Waals surface area (Å²) in [5, 5.41) is 14.6. The summed E-state index contributed by atoms with van der Waals surface area (Å²) in [6, 6.07) is 5.14. The highest BCUT2D eigenvalue weighted by molar-refractivity contribution is 6.33. The van der Waals surface area contributed by atoms with Gasteiger partial charge >= 0.3 is 0 Å². The SMILES string of the molecule is CCN(CC1CCCN1)c1ccc([N+](=O)[O-])cc1Cl. The fourth-order valence-electron chi connectivity index (χ4n) is 2.44. The molecule has 0 bridgehead atoms. The molecule has 6 heteroatoms. The van der Waals surface area contributed by atoms with E-state index in [2.05, 4.69) is 17.1 Å². The highest BCUT2D eigenvalue weighted by Crippen LogP contribution is 2.30. The van der Waals surface area contributed by atoms with Crippen LogP contribution in [-0.4, -0.2) is 30.6 Å². The van der Waals surface area contributed by atoms with E-state index in [0.717, 1.165) is 25.3 Å². The normalized spacial score (nSPS) is 18.5. The molecule has 1 N–H and O–H groups in total. The number of benzene rings is 1. The molecule has 1 atom stereocenters. The summed E-state index contributed by atoms with van der Waals surface area (Å²) in [6.07, 6.45) is 2.37. The second kappa shape index (κ2) is 6.21. The lowest BCUT2D eigenvalue weighted by Crippen LogP contribution is -2.37. The van der Waals surface area contributed by atoms with Crippen LogP contribution in [0.3, 0.4) is 0 Å². The lowest BCUT2D eigenvalue weighted by molar-refractivity contribution is -0.384. The summed E-state index contributed by atoms with van der Waals surface area (Å²) in [6.45, 7) is 4.84. The minimum atomic E-state index is -0.426. The molecule has 1 aliphatic rings. The number of non-ortho nitro benzene ring substituents is 1. The van der Waals surface area contributed by atoms with E-state index in [9.17, 15) is 10.1 Å². The van der Waals surface area contributed by atoms with Crippen molar-refractivity contribution < 1.29 is 4.92 Å². The predicted molar refractivity (Wildman–Crippen MR) is 77.0 cm³/mol. The Morgan fingerprint density at radius 1 is 1.58 bits per heavy atom. The largest absolute Gasteiger partial charge is 0.369 e. The molecule has 0 saturated carbocycles. The van der Waals surface area contributed by atoms with Crippen molar-refractivity contribution >= 4 is 23.0 Å². The minimum Gasteiger partial charge on any atom is -0.369 e. The molecule has 1 saturated heterocycles. The highest BCUT2D eigenvalue weighted by atomic mass is 35.5. The van der Waals surface area contributed by atoms with Gasteiger partial charge in [0.2, 0.25) is 0 Å². The van der Waals surface area contributed by atoms with Crippen LogP contribution in [0.1, 0.15) is 19.8 Å². The van der Waals surface area contributed by atoms with Crippen molar-refractivity contribution in [3.63, 3.8) is 0 Å². The van der Waals surface area contributed by atoms with Gasteiger partial charge in [0.15, 0.2) is 0 Å². The molecule has 1 unspecified atom stereocenters. The van der Waals surface area contributed by atoms with Gasteiger partial charge in [-0.05, 0) is 32.4 Å². The van der Waals surface area contributed by atoms with E-state index in [1.807, 2.05) is 0 Å². The Bertz CT molecular complexity index is 461. The van der Waals surface area contributed by atoms with Crippen molar-refractivity contribution in [2.45, 2.75) is 25.8 Å². The van der Waals surface area contributed by atoms with Crippen LogP contribution < -0.4 is 10.2 Å². The van der Waals surface area contributed by atoms with Gasteiger partial charge in [-0.2, -0.15) is 0 Å². The smallest absolute Gasteiger partial charge is 0.271 e. The summed E-state index contributed by atoms with van der Waals surface area (Å²) in [5.74, 6) is 0. The van der Waals surface area contributed by atoms with Crippen molar-refractivity contribution in [1.29, 1.82) is 0 Å². The average molecular weight is 284 g/mol. The van der Waals surface area contributed by atoms with E-state index < -0.39 is 4.92 Å². The third kappa shape index (κ3) is 3.36. The van der Waals surface area contributed by atoms with Gasteiger partial charge in [0.25, 0.3) is 5.69 Å². The molecule has 19 heavy (non-hydrogen) atoms. The summed E-state index contributed by atoms with van der Waals surface area (Å²) in [4.78, 5) is 12.4. The van der Waals surface area contributed by atoms with E-state index in [4.69, 9.17) is 11.6 Å². The third-order valence-electron chi connectivity index (χ3n) is 3.47. The van der Waals surface area contributed by atoms with Gasteiger partial charge in [0.1, 0.15) is 0 Å². The van der Waals surface area contributed by atoms with Crippen LogP contribution in [0.2, 0.25) is 5.02 Å². The van der Waals surface area contributed by atoms with Crippen LogP contribution in [0.5, 0.6) is 0 Å². The maximum Gasteiger partial charge on any atom is 0.271 e. The second-order valence-electron chi connectivity index (χ2n) is 4.72. The Morgan fingerprint density at radius 2 is 2.37 bits per heavy atom. The number of nitro groups is 1. The van der Waals surface area contributed by atoms with Gasteiger partial charge in [0, 0.05) is 31.3 Å². The monoisotopic (exact) mass is 283 g/mol. The van der Waals surface area contributed by atoms with E-state index in [-0.39, 0.29) is 5.69 Å². The second-order valence-corrected chi connectivity index (χ2v) is 5.13. The molecule has 2 rings (SSSR count). The topological polar surface area (TPSA) is 58.4 Å². The molecule has 1 heterocycles. The van der Waals surface area contributed by atoms with Crippen LogP contribution >= 0.6 is 11.6 Å². The minimum absolute atomic E-state index is 0.0313. The van der Waals surface area contributed by atoms with Crippen LogP contribution in [0.15, 0.2) is 18.2 Å². The molecule has 1 aromatic rings. The predicted octanol–water partition coefficient (Wildman–Crippen LogP) is 2.83. The number of nitrogens with zero attached hydrogens (tertiary/aromatic N) is 2. The molecule has 1 fully saturated rings. The van der Waals surface area contributed by atoms with Crippen LogP contribution in [0.4, 0.5) is 11.4 Å². The van der Waals surface area contributed by atoms with E-state index >= 15 is 0 Å². The van der Waals surface area contributed by atoms with Gasteiger partial charge in [-0.25, -0.2) is 0 Å². The maximum absolute atomic E-state index is 10.7. The molecule has 0 amide bonds. The van der Waals surface area contributed by atoms with Crippen molar-refractivity contribution in [1.82, 2.24) is 5.32 Å². The first-order chi connectivity index (χ1) is 9.11. The standard InChI is InChI=1S/C13H18ClN3O2/c1-2-16(9-10-4-3-7-15-10)13-6-5-11(17(18)19)8-12(13)14/h5-6,8,10,15H,2-4,7,9H2,1H3. The lowest BCUT2D eigenvalue weighted by Gasteiger charge is -2.27. The first kappa shape index (κ1) is 14.1. The van der Waals surface area contributed by atoms with E-state index in [0.29, 0.717) is 11.1 Å². The number of rotatable bonds is 5. The van der Waals surface area contributed by atoms with Crippen molar-refractivity contribution in [3.8, 4) is 0 Å². The van der Waals surface area contributed by atoms with Gasteiger partial charge in [-0.1, -0.05) is 11.6 Å². The van der Waals surface area contributed by atoms with Gasteiger partial charge in [-0.3, -0.25) is 10.1 Å². The number of anilines is 1. The Kier molecular flexibility index (Phi) is 4.61. The van der Waals surface area contributed by atoms with E-state index in [1.54, 1.807) is 6.07 Å². The number of hydrogen-bond donors (Lipinski definition) is 1. The molecule has 5 nitrogen and oxygen atoms in total. The zero-order valence-corrected chi connectivity index (χ0v) is 11.7. The number of nitrogens with one attached hydrogen (secondary N) is 1. The molecule has 1 aliphatic heterocycles. The number of hydrogen-bond acceptors (Lipinski definition) is 4. The number of likely N-dealkylation sites (N-methyl/N-ethyl adjacent to an activating group) is 1. The number of nitro benzene ring substituents is 1. The zero-order valence-electron chi connectivity index (χ0n) is 10.9. The van der Waals surface area contributed by atoms with Crippen molar-refractivity contribution in [2.24, 2.45) is 0 Å². The third-order valence-corrected chi connectivity index (χ3v) is 3.77. The van der Waals surface area contributed by atoms with E-state index in [1.165, 1.54) is 25.0 Å². The summed E-state index contributed by atoms with van der Waals surface area (Å²) < 4.78 is 0. The molecular formula is C13H18ClN3O2. The number of halogens is 1. The summed E-state index contributed by atoms with van der Waals surface area (Å²) >= 11 is 6.17. The van der Waals surface area contributed by atoms with Crippen molar-refractivity contribution in [2.75, 3.05) is 24.5 Å². The molecule has 0 radical (unpaired) electrons. The molecule has 1 aromatic carbocycles. The Labute approximate surface area is 117 Å². The molecule has 0 aromatic heterocycles. The quantitative estimate of drug-likeness (QED) is 0.667. The fourth-order valence-corrected chi connectivity index (χ4v) is 2.74.